The zero-order chi connectivity index (χ0) is 15.7. The molecule has 3 heterocycles. The van der Waals surface area contributed by atoms with Crippen LogP contribution in [0.5, 0.6) is 5.75 Å². The summed E-state index contributed by atoms with van der Waals surface area (Å²) in [6.07, 6.45) is 3.50. The lowest BCUT2D eigenvalue weighted by atomic mass is 10.2. The molecule has 0 saturated carbocycles. The van der Waals surface area contributed by atoms with E-state index in [0.717, 1.165) is 5.82 Å². The molecule has 1 unspecified atom stereocenters. The number of aromatic nitrogens is 2. The maximum Gasteiger partial charge on any atom is 0.257 e. The van der Waals surface area contributed by atoms with Crippen LogP contribution in [0.15, 0.2) is 28.0 Å². The Kier molecular flexibility index (Phi) is 5.69. The predicted molar refractivity (Wildman–Crippen MR) is 90.8 cm³/mol. The second-order valence-corrected chi connectivity index (χ2v) is 8.01. The molecule has 1 N–H and O–H groups in total. The molecule has 1 aliphatic heterocycles. The molecule has 128 valence electrons. The molecule has 0 aliphatic carbocycles. The number of hydrogen-bond acceptors (Lipinski definition) is 6. The zero-order valence-corrected chi connectivity index (χ0v) is 15.2. The molecule has 3 rings (SSSR count). The third-order valence-electron chi connectivity index (χ3n) is 3.71. The molecule has 2 aromatic heterocycles. The molecule has 7 nitrogen and oxygen atoms in total. The van der Waals surface area contributed by atoms with Gasteiger partial charge in [-0.2, -0.15) is 4.31 Å². The summed E-state index contributed by atoms with van der Waals surface area (Å²) in [5.41, 5.74) is 0. The highest BCUT2D eigenvalue weighted by molar-refractivity contribution is 7.91. The lowest BCUT2D eigenvalue weighted by Gasteiger charge is -2.34. The minimum Gasteiger partial charge on any atom is -0.494 e. The van der Waals surface area contributed by atoms with Crippen LogP contribution >= 0.6 is 23.7 Å². The van der Waals surface area contributed by atoms with Crippen molar-refractivity contribution in [2.75, 3.05) is 26.7 Å². The summed E-state index contributed by atoms with van der Waals surface area (Å²) in [4.78, 5) is 4.32. The van der Waals surface area contributed by atoms with Crippen molar-refractivity contribution in [3.8, 4) is 5.75 Å². The number of aryl methyl sites for hydroxylation is 1. The van der Waals surface area contributed by atoms with Crippen LogP contribution < -0.4 is 10.1 Å². The van der Waals surface area contributed by atoms with E-state index in [9.17, 15) is 8.42 Å². The van der Waals surface area contributed by atoms with Gasteiger partial charge in [0.15, 0.2) is 4.21 Å². The first-order valence-corrected chi connectivity index (χ1v) is 9.19. The molecule has 1 fully saturated rings. The number of imidazole rings is 1. The number of rotatable bonds is 4. The van der Waals surface area contributed by atoms with Crippen LogP contribution in [0, 0.1) is 0 Å². The van der Waals surface area contributed by atoms with Gasteiger partial charge in [-0.25, -0.2) is 13.4 Å². The van der Waals surface area contributed by atoms with Gasteiger partial charge in [0.2, 0.25) is 0 Å². The number of halogens is 1. The van der Waals surface area contributed by atoms with Crippen LogP contribution in [0.4, 0.5) is 0 Å². The fraction of sp³-hybridized carbons (Fsp3) is 0.462. The molecule has 23 heavy (non-hydrogen) atoms. The monoisotopic (exact) mass is 378 g/mol. The molecular weight excluding hydrogens is 360 g/mol. The number of ether oxygens (including phenoxy) is 1. The molecular formula is C13H19ClN4O3S2. The van der Waals surface area contributed by atoms with Gasteiger partial charge in [-0.05, 0) is 11.4 Å². The Bertz CT molecular complexity index is 759. The van der Waals surface area contributed by atoms with Crippen molar-refractivity contribution in [1.29, 1.82) is 0 Å². The van der Waals surface area contributed by atoms with E-state index < -0.39 is 10.0 Å². The fourth-order valence-electron chi connectivity index (χ4n) is 2.62. The van der Waals surface area contributed by atoms with Crippen LogP contribution in [0.2, 0.25) is 0 Å². The molecule has 0 radical (unpaired) electrons. The number of nitrogens with one attached hydrogen (secondary N) is 1. The minimum atomic E-state index is -3.62. The number of nitrogens with zero attached hydrogens (tertiary/aromatic N) is 3. The summed E-state index contributed by atoms with van der Waals surface area (Å²) in [6, 6.07) is 1.35. The highest BCUT2D eigenvalue weighted by Crippen LogP contribution is 2.35. The van der Waals surface area contributed by atoms with Gasteiger partial charge in [-0.1, -0.05) is 0 Å². The highest BCUT2D eigenvalue weighted by atomic mass is 35.5. The lowest BCUT2D eigenvalue weighted by molar-refractivity contribution is 0.258. The second-order valence-electron chi connectivity index (χ2n) is 5.01. The van der Waals surface area contributed by atoms with Crippen LogP contribution in [-0.4, -0.2) is 49.0 Å². The number of piperazine rings is 1. The van der Waals surface area contributed by atoms with Crippen molar-refractivity contribution in [2.45, 2.75) is 10.3 Å². The Morgan fingerprint density at radius 3 is 2.91 bits per heavy atom. The molecule has 10 heteroatoms. The van der Waals surface area contributed by atoms with E-state index >= 15 is 0 Å². The molecule has 0 bridgehead atoms. The molecule has 1 saturated heterocycles. The molecule has 0 spiro atoms. The normalized spacial score (nSPS) is 19.3. The van der Waals surface area contributed by atoms with Gasteiger partial charge in [-0.3, -0.25) is 0 Å². The summed E-state index contributed by atoms with van der Waals surface area (Å²) in [6.45, 7) is 1.56. The van der Waals surface area contributed by atoms with E-state index in [4.69, 9.17) is 4.74 Å². The van der Waals surface area contributed by atoms with E-state index in [-0.39, 0.29) is 22.7 Å². The Labute approximate surface area is 145 Å². The van der Waals surface area contributed by atoms with E-state index in [2.05, 4.69) is 10.3 Å². The van der Waals surface area contributed by atoms with E-state index in [1.807, 2.05) is 17.8 Å². The Morgan fingerprint density at radius 1 is 1.48 bits per heavy atom. The van der Waals surface area contributed by atoms with Crippen LogP contribution in [0.1, 0.15) is 11.9 Å². The van der Waals surface area contributed by atoms with Crippen LogP contribution in [0.3, 0.4) is 0 Å². The van der Waals surface area contributed by atoms with Gasteiger partial charge in [0.25, 0.3) is 10.0 Å². The van der Waals surface area contributed by atoms with Crippen molar-refractivity contribution in [3.63, 3.8) is 0 Å². The summed E-state index contributed by atoms with van der Waals surface area (Å²) >= 11 is 1.18. The Hall–Kier alpha value is -1.13. The molecule has 2 aromatic rings. The summed E-state index contributed by atoms with van der Waals surface area (Å²) < 4.78 is 34.9. The van der Waals surface area contributed by atoms with E-state index in [1.54, 1.807) is 17.6 Å². The van der Waals surface area contributed by atoms with Gasteiger partial charge < -0.3 is 14.6 Å². The van der Waals surface area contributed by atoms with Crippen LogP contribution in [-0.2, 0) is 17.1 Å². The van der Waals surface area contributed by atoms with Crippen molar-refractivity contribution in [1.82, 2.24) is 19.2 Å². The lowest BCUT2D eigenvalue weighted by Crippen LogP contribution is -2.49. The minimum absolute atomic E-state index is 0. The largest absolute Gasteiger partial charge is 0.494 e. The van der Waals surface area contributed by atoms with E-state index in [1.165, 1.54) is 22.8 Å². The summed E-state index contributed by atoms with van der Waals surface area (Å²) in [5, 5.41) is 4.96. The first kappa shape index (κ1) is 18.2. The van der Waals surface area contributed by atoms with Gasteiger partial charge in [0.1, 0.15) is 11.6 Å². The molecule has 0 amide bonds. The van der Waals surface area contributed by atoms with Crippen molar-refractivity contribution >= 4 is 33.8 Å². The number of thiophene rings is 1. The quantitative estimate of drug-likeness (QED) is 0.866. The first-order valence-electron chi connectivity index (χ1n) is 6.87. The van der Waals surface area contributed by atoms with Crippen LogP contribution in [0.25, 0.3) is 0 Å². The summed E-state index contributed by atoms with van der Waals surface area (Å²) in [7, 11) is -0.270. The van der Waals surface area contributed by atoms with Gasteiger partial charge in [-0.15, -0.1) is 23.7 Å². The average molecular weight is 379 g/mol. The zero-order valence-electron chi connectivity index (χ0n) is 12.8. The summed E-state index contributed by atoms with van der Waals surface area (Å²) in [5.74, 6) is 1.12. The predicted octanol–water partition coefficient (Wildman–Crippen LogP) is 1.25. The first-order chi connectivity index (χ1) is 10.6. The van der Waals surface area contributed by atoms with E-state index in [0.29, 0.717) is 25.4 Å². The smallest absolute Gasteiger partial charge is 0.257 e. The third-order valence-corrected chi connectivity index (χ3v) is 7.04. The fourth-order valence-corrected chi connectivity index (χ4v) is 5.60. The molecule has 0 aromatic carbocycles. The van der Waals surface area contributed by atoms with Gasteiger partial charge in [0, 0.05) is 39.1 Å². The maximum absolute atomic E-state index is 13.0. The molecule has 1 aliphatic rings. The van der Waals surface area contributed by atoms with Crippen molar-refractivity contribution in [3.05, 3.63) is 29.7 Å². The maximum atomic E-state index is 13.0. The van der Waals surface area contributed by atoms with Gasteiger partial charge in [0.05, 0.1) is 13.2 Å². The number of sulfonamides is 1. The molecule has 1 atom stereocenters. The van der Waals surface area contributed by atoms with Gasteiger partial charge >= 0.3 is 0 Å². The number of methoxy groups -OCH3 is 1. The Balaban J connectivity index is 0.00000192. The Morgan fingerprint density at radius 2 is 2.26 bits per heavy atom. The SMILES string of the molecule is COc1ccsc1S(=O)(=O)N1CCNCC1c1nccn1C.Cl. The van der Waals surface area contributed by atoms with Crippen molar-refractivity contribution < 1.29 is 13.2 Å². The topological polar surface area (TPSA) is 76.5 Å². The second kappa shape index (κ2) is 7.18. The standard InChI is InChI=1S/C13H18N4O3S2.ClH/c1-16-6-5-15-12(16)10-9-14-4-7-17(10)22(18,19)13-11(20-2)3-8-21-13;/h3,5-6,8,10,14H,4,7,9H2,1-2H3;1H. The third kappa shape index (κ3) is 3.24. The average Bonchev–Trinajstić information content (AvgIpc) is 3.15. The number of hydrogen-bond donors (Lipinski definition) is 1. The van der Waals surface area contributed by atoms with Crippen molar-refractivity contribution in [2.24, 2.45) is 7.05 Å². The highest BCUT2D eigenvalue weighted by Gasteiger charge is 2.38.